The van der Waals surface area contributed by atoms with Crippen molar-refractivity contribution in [2.75, 3.05) is 10.6 Å². The molecular weight excluding hydrogens is 386 g/mol. The van der Waals surface area contributed by atoms with E-state index < -0.39 is 0 Å². The van der Waals surface area contributed by atoms with Crippen LogP contribution in [0.5, 0.6) is 0 Å². The van der Waals surface area contributed by atoms with Crippen LogP contribution in [0.3, 0.4) is 0 Å². The molecule has 0 aliphatic heterocycles. The van der Waals surface area contributed by atoms with Gasteiger partial charge in [-0.25, -0.2) is 9.97 Å². The second-order valence-electron chi connectivity index (χ2n) is 6.70. The van der Waals surface area contributed by atoms with Crippen molar-refractivity contribution in [3.05, 3.63) is 48.3 Å². The fourth-order valence-corrected chi connectivity index (χ4v) is 4.10. The van der Waals surface area contributed by atoms with Gasteiger partial charge in [0, 0.05) is 25.1 Å². The highest BCUT2D eigenvalue weighted by Gasteiger charge is 2.11. The fourth-order valence-electron chi connectivity index (χ4n) is 3.18. The monoisotopic (exact) mass is 407 g/mol. The maximum absolute atomic E-state index is 12.5. The zero-order valence-electron chi connectivity index (χ0n) is 16.2. The highest BCUT2D eigenvalue weighted by molar-refractivity contribution is 7.22. The molecule has 0 saturated carbocycles. The van der Waals surface area contributed by atoms with Gasteiger partial charge >= 0.3 is 0 Å². The van der Waals surface area contributed by atoms with Gasteiger partial charge in [-0.05, 0) is 37.3 Å². The van der Waals surface area contributed by atoms with Crippen LogP contribution in [-0.2, 0) is 16.1 Å². The zero-order valence-corrected chi connectivity index (χ0v) is 17.0. The predicted octanol–water partition coefficient (Wildman–Crippen LogP) is 4.33. The molecule has 0 spiro atoms. The number of hydrogen-bond acceptors (Lipinski definition) is 5. The number of carbonyl (C=O) groups is 2. The van der Waals surface area contributed by atoms with Crippen molar-refractivity contribution < 1.29 is 9.59 Å². The highest BCUT2D eigenvalue weighted by atomic mass is 32.1. The maximum Gasteiger partial charge on any atom is 0.226 e. The molecule has 2 aromatic heterocycles. The number of nitrogens with one attached hydrogen (secondary N) is 2. The summed E-state index contributed by atoms with van der Waals surface area (Å²) in [6.07, 6.45) is 0.753. The lowest BCUT2D eigenvalue weighted by Crippen LogP contribution is -2.15. The summed E-state index contributed by atoms with van der Waals surface area (Å²) in [6, 6.07) is 13.5. The molecular formula is C21H21N5O2S. The molecule has 4 aromatic rings. The number of aryl methyl sites for hydroxylation is 2. The Morgan fingerprint density at radius 2 is 1.86 bits per heavy atom. The molecule has 4 rings (SSSR count). The summed E-state index contributed by atoms with van der Waals surface area (Å²) in [6.45, 7) is 4.31. The van der Waals surface area contributed by atoms with Crippen molar-refractivity contribution in [1.29, 1.82) is 0 Å². The van der Waals surface area contributed by atoms with E-state index in [1.165, 1.54) is 11.3 Å². The molecule has 0 fully saturated rings. The van der Waals surface area contributed by atoms with Crippen LogP contribution < -0.4 is 10.6 Å². The van der Waals surface area contributed by atoms with Crippen molar-refractivity contribution in [1.82, 2.24) is 14.5 Å². The van der Waals surface area contributed by atoms with Gasteiger partial charge in [0.05, 0.1) is 21.3 Å². The summed E-state index contributed by atoms with van der Waals surface area (Å²) in [5.74, 6) is 0.761. The predicted molar refractivity (Wildman–Crippen MR) is 116 cm³/mol. The van der Waals surface area contributed by atoms with E-state index in [4.69, 9.17) is 0 Å². The van der Waals surface area contributed by atoms with Crippen molar-refractivity contribution in [3.63, 3.8) is 0 Å². The second-order valence-corrected chi connectivity index (χ2v) is 7.73. The summed E-state index contributed by atoms with van der Waals surface area (Å²) in [7, 11) is 0. The number of para-hydroxylation sites is 2. The normalized spacial score (nSPS) is 11.1. The first kappa shape index (κ1) is 19.1. The second kappa shape index (κ2) is 8.00. The summed E-state index contributed by atoms with van der Waals surface area (Å²) >= 11 is 1.39. The SMILES string of the molecule is CCC(=O)Nc1nc2ccc(NC(=O)CCn3c(C)nc4ccccc43)cc2s1. The third-order valence-electron chi connectivity index (χ3n) is 4.65. The largest absolute Gasteiger partial charge is 0.328 e. The molecule has 7 nitrogen and oxygen atoms in total. The van der Waals surface area contributed by atoms with Gasteiger partial charge in [0.2, 0.25) is 11.8 Å². The van der Waals surface area contributed by atoms with Gasteiger partial charge < -0.3 is 15.2 Å². The summed E-state index contributed by atoms with van der Waals surface area (Å²) in [4.78, 5) is 32.9. The molecule has 0 atom stereocenters. The topological polar surface area (TPSA) is 88.9 Å². The van der Waals surface area contributed by atoms with Crippen molar-refractivity contribution >= 4 is 55.2 Å². The highest BCUT2D eigenvalue weighted by Crippen LogP contribution is 2.28. The minimum atomic E-state index is -0.0695. The molecule has 0 saturated heterocycles. The van der Waals surface area contributed by atoms with Gasteiger partial charge in [-0.1, -0.05) is 30.4 Å². The number of nitrogens with zero attached hydrogens (tertiary/aromatic N) is 3. The average molecular weight is 407 g/mol. The van der Waals surface area contributed by atoms with Crippen LogP contribution in [0.4, 0.5) is 10.8 Å². The molecule has 2 amide bonds. The smallest absolute Gasteiger partial charge is 0.226 e. The van der Waals surface area contributed by atoms with Crippen LogP contribution >= 0.6 is 11.3 Å². The quantitative estimate of drug-likeness (QED) is 0.498. The average Bonchev–Trinajstić information content (AvgIpc) is 3.25. The Balaban J connectivity index is 1.43. The lowest BCUT2D eigenvalue weighted by molar-refractivity contribution is -0.117. The third-order valence-corrected chi connectivity index (χ3v) is 5.58. The fraction of sp³-hybridized carbons (Fsp3) is 0.238. The standard InChI is InChI=1S/C21H21N5O2S/c1-3-19(27)25-21-24-16-9-8-14(12-18(16)29-21)23-20(28)10-11-26-13(2)22-15-6-4-5-7-17(15)26/h4-9,12H,3,10-11H2,1-2H3,(H,23,28)(H,24,25,27). The number of thiazole rings is 1. The Morgan fingerprint density at radius 1 is 1.03 bits per heavy atom. The van der Waals surface area contributed by atoms with E-state index in [-0.39, 0.29) is 11.8 Å². The number of benzene rings is 2. The van der Waals surface area contributed by atoms with Crippen LogP contribution in [-0.4, -0.2) is 26.3 Å². The van der Waals surface area contributed by atoms with Gasteiger partial charge in [-0.3, -0.25) is 9.59 Å². The Hall–Kier alpha value is -3.26. The minimum Gasteiger partial charge on any atom is -0.328 e. The lowest BCUT2D eigenvalue weighted by atomic mass is 10.2. The lowest BCUT2D eigenvalue weighted by Gasteiger charge is -2.08. The maximum atomic E-state index is 12.5. The third kappa shape index (κ3) is 4.12. The molecule has 2 N–H and O–H groups in total. The van der Waals surface area contributed by atoms with E-state index in [1.54, 1.807) is 6.92 Å². The van der Waals surface area contributed by atoms with E-state index in [9.17, 15) is 9.59 Å². The molecule has 0 aliphatic rings. The number of hydrogen-bond donors (Lipinski definition) is 2. The first-order valence-electron chi connectivity index (χ1n) is 9.45. The molecule has 2 aromatic carbocycles. The van der Waals surface area contributed by atoms with Crippen molar-refractivity contribution in [3.8, 4) is 0 Å². The summed E-state index contributed by atoms with van der Waals surface area (Å²) < 4.78 is 2.97. The number of fused-ring (bicyclic) bond motifs is 2. The molecule has 0 bridgehead atoms. The zero-order chi connectivity index (χ0) is 20.4. The number of rotatable bonds is 6. The minimum absolute atomic E-state index is 0.0643. The summed E-state index contributed by atoms with van der Waals surface area (Å²) in [5, 5.41) is 6.28. The van der Waals surface area contributed by atoms with Crippen molar-refractivity contribution in [2.45, 2.75) is 33.2 Å². The van der Waals surface area contributed by atoms with Crippen LogP contribution in [0.1, 0.15) is 25.6 Å². The Morgan fingerprint density at radius 3 is 2.69 bits per heavy atom. The Bertz CT molecular complexity index is 1210. The molecule has 29 heavy (non-hydrogen) atoms. The van der Waals surface area contributed by atoms with E-state index >= 15 is 0 Å². The van der Waals surface area contributed by atoms with Crippen LogP contribution in [0.25, 0.3) is 21.3 Å². The van der Waals surface area contributed by atoms with E-state index in [2.05, 4.69) is 25.2 Å². The number of carbonyl (C=O) groups excluding carboxylic acids is 2. The molecule has 8 heteroatoms. The number of anilines is 2. The Labute approximate surface area is 171 Å². The van der Waals surface area contributed by atoms with Gasteiger partial charge in [0.25, 0.3) is 0 Å². The van der Waals surface area contributed by atoms with E-state index in [0.717, 1.165) is 27.1 Å². The summed E-state index contributed by atoms with van der Waals surface area (Å²) in [5.41, 5.74) is 3.48. The number of amides is 2. The van der Waals surface area contributed by atoms with Crippen LogP contribution in [0.15, 0.2) is 42.5 Å². The van der Waals surface area contributed by atoms with Crippen LogP contribution in [0, 0.1) is 6.92 Å². The van der Waals surface area contributed by atoms with Crippen LogP contribution in [0.2, 0.25) is 0 Å². The number of aromatic nitrogens is 3. The molecule has 2 heterocycles. The van der Waals surface area contributed by atoms with Gasteiger partial charge in [0.15, 0.2) is 5.13 Å². The number of imidazole rings is 1. The first-order chi connectivity index (χ1) is 14.0. The molecule has 0 radical (unpaired) electrons. The van der Waals surface area contributed by atoms with E-state index in [1.807, 2.05) is 49.4 Å². The van der Waals surface area contributed by atoms with Crippen molar-refractivity contribution in [2.24, 2.45) is 0 Å². The van der Waals surface area contributed by atoms with E-state index in [0.29, 0.717) is 30.2 Å². The molecule has 0 aliphatic carbocycles. The molecule has 0 unspecified atom stereocenters. The van der Waals surface area contributed by atoms with Gasteiger partial charge in [0.1, 0.15) is 5.82 Å². The molecule has 148 valence electrons. The van der Waals surface area contributed by atoms with Gasteiger partial charge in [-0.2, -0.15) is 0 Å². The first-order valence-corrected chi connectivity index (χ1v) is 10.3. The van der Waals surface area contributed by atoms with Gasteiger partial charge in [-0.15, -0.1) is 0 Å². The Kier molecular flexibility index (Phi) is 5.26.